The van der Waals surface area contributed by atoms with Gasteiger partial charge in [0.2, 0.25) is 10.0 Å². The van der Waals surface area contributed by atoms with Crippen LogP contribution in [-0.2, 0) is 16.4 Å². The van der Waals surface area contributed by atoms with Gasteiger partial charge in [-0.3, -0.25) is 4.79 Å². The van der Waals surface area contributed by atoms with Gasteiger partial charge in [-0.15, -0.1) is 0 Å². The number of amides is 1. The van der Waals surface area contributed by atoms with Crippen LogP contribution in [-0.4, -0.2) is 38.7 Å². The molecule has 1 amide bonds. The molecular formula is C12H20N4O3S. The van der Waals surface area contributed by atoms with Crippen molar-refractivity contribution in [1.82, 2.24) is 15.0 Å². The molecular weight excluding hydrogens is 280 g/mol. The topological polar surface area (TPSA) is 114 Å². The van der Waals surface area contributed by atoms with Gasteiger partial charge in [0.25, 0.3) is 5.91 Å². The molecule has 0 radical (unpaired) electrons. The van der Waals surface area contributed by atoms with E-state index in [-0.39, 0.29) is 24.0 Å². The highest BCUT2D eigenvalue weighted by atomic mass is 32.2. The molecule has 0 aromatic carbocycles. The first kappa shape index (κ1) is 16.4. The minimum absolute atomic E-state index is 0.0351. The number of hydrogen-bond donors (Lipinski definition) is 3. The van der Waals surface area contributed by atoms with Crippen LogP contribution in [0.4, 0.5) is 5.82 Å². The van der Waals surface area contributed by atoms with Crippen LogP contribution < -0.4 is 15.8 Å². The van der Waals surface area contributed by atoms with Gasteiger partial charge in [0.1, 0.15) is 5.82 Å². The molecule has 1 aromatic rings. The molecule has 1 aromatic heterocycles. The Morgan fingerprint density at radius 2 is 2.10 bits per heavy atom. The van der Waals surface area contributed by atoms with Gasteiger partial charge in [-0.05, 0) is 25.6 Å². The highest BCUT2D eigenvalue weighted by molar-refractivity contribution is 7.89. The summed E-state index contributed by atoms with van der Waals surface area (Å²) in [6, 6.07) is 3.14. The van der Waals surface area contributed by atoms with Crippen LogP contribution >= 0.6 is 0 Å². The van der Waals surface area contributed by atoms with Gasteiger partial charge in [-0.2, -0.15) is 0 Å². The number of aromatic nitrogens is 1. The number of nitrogens with one attached hydrogen (secondary N) is 2. The van der Waals surface area contributed by atoms with Gasteiger partial charge in [0.15, 0.2) is 0 Å². The van der Waals surface area contributed by atoms with E-state index in [4.69, 9.17) is 5.73 Å². The monoisotopic (exact) mass is 300 g/mol. The number of hydrogen-bond acceptors (Lipinski definition) is 5. The van der Waals surface area contributed by atoms with Crippen LogP contribution in [0.2, 0.25) is 0 Å². The highest BCUT2D eigenvalue weighted by Crippen LogP contribution is 2.09. The predicted octanol–water partition coefficient (Wildman–Crippen LogP) is -0.105. The average Bonchev–Trinajstić information content (AvgIpc) is 2.38. The van der Waals surface area contributed by atoms with Crippen LogP contribution in [0.15, 0.2) is 12.1 Å². The molecule has 1 heterocycles. The molecule has 0 unspecified atom stereocenters. The van der Waals surface area contributed by atoms with E-state index in [1.54, 1.807) is 6.07 Å². The van der Waals surface area contributed by atoms with Crippen molar-refractivity contribution < 1.29 is 13.2 Å². The lowest BCUT2D eigenvalue weighted by Crippen LogP contribution is -2.33. The number of carbonyl (C=O) groups excluding carboxylic acids is 1. The Kier molecular flexibility index (Phi) is 5.90. The van der Waals surface area contributed by atoms with E-state index >= 15 is 0 Å². The molecule has 0 aliphatic heterocycles. The minimum Gasteiger partial charge on any atom is -0.384 e. The van der Waals surface area contributed by atoms with Crippen molar-refractivity contribution in [2.45, 2.75) is 19.8 Å². The Morgan fingerprint density at radius 1 is 1.40 bits per heavy atom. The quantitative estimate of drug-likeness (QED) is 0.650. The summed E-state index contributed by atoms with van der Waals surface area (Å²) in [7, 11) is -1.99. The lowest BCUT2D eigenvalue weighted by Gasteiger charge is -2.08. The second kappa shape index (κ2) is 7.20. The molecule has 0 bridgehead atoms. The largest absolute Gasteiger partial charge is 0.384 e. The summed E-state index contributed by atoms with van der Waals surface area (Å²) in [5.74, 6) is -0.246. The van der Waals surface area contributed by atoms with Gasteiger partial charge >= 0.3 is 0 Å². The molecule has 1 rings (SSSR count). The Hall–Kier alpha value is -1.67. The maximum atomic E-state index is 11.9. The van der Waals surface area contributed by atoms with Crippen LogP contribution in [0, 0.1) is 0 Å². The van der Waals surface area contributed by atoms with E-state index in [9.17, 15) is 13.2 Å². The summed E-state index contributed by atoms with van der Waals surface area (Å²) in [4.78, 5) is 16.0. The van der Waals surface area contributed by atoms with Gasteiger partial charge in [0.05, 0.1) is 5.75 Å². The zero-order valence-electron chi connectivity index (χ0n) is 11.6. The van der Waals surface area contributed by atoms with Crippen molar-refractivity contribution in [2.24, 2.45) is 0 Å². The Morgan fingerprint density at radius 3 is 2.70 bits per heavy atom. The van der Waals surface area contributed by atoms with Crippen molar-refractivity contribution in [2.75, 3.05) is 25.1 Å². The van der Waals surface area contributed by atoms with Gasteiger partial charge in [-0.25, -0.2) is 18.1 Å². The maximum absolute atomic E-state index is 11.9. The van der Waals surface area contributed by atoms with Crippen molar-refractivity contribution >= 4 is 21.7 Å². The van der Waals surface area contributed by atoms with Gasteiger partial charge < -0.3 is 11.1 Å². The highest BCUT2D eigenvalue weighted by Gasteiger charge is 2.11. The lowest BCUT2D eigenvalue weighted by molar-refractivity contribution is 0.0956. The third kappa shape index (κ3) is 5.14. The summed E-state index contributed by atoms with van der Waals surface area (Å²) in [6.07, 6.45) is 1.64. The number of pyridine rings is 1. The Labute approximate surface area is 119 Å². The number of aryl methyl sites for hydroxylation is 1. The van der Waals surface area contributed by atoms with Gasteiger partial charge in [-0.1, -0.05) is 13.3 Å². The first-order chi connectivity index (χ1) is 9.38. The SMILES string of the molecule is CCCc1cc(C(=O)NCCS(=O)(=O)NC)cc(N)n1. The van der Waals surface area contributed by atoms with Crippen molar-refractivity contribution in [3.05, 3.63) is 23.4 Å². The zero-order chi connectivity index (χ0) is 15.2. The standard InChI is InChI=1S/C12H20N4O3S/c1-3-4-10-7-9(8-11(13)16-10)12(17)15-5-6-20(18,19)14-2/h7-8,14H,3-6H2,1-2H3,(H2,13,16)(H,15,17). The molecule has 4 N–H and O–H groups in total. The zero-order valence-corrected chi connectivity index (χ0v) is 12.5. The van der Waals surface area contributed by atoms with Gasteiger partial charge in [0, 0.05) is 17.8 Å². The summed E-state index contributed by atoms with van der Waals surface area (Å²) in [5.41, 5.74) is 6.79. The summed E-state index contributed by atoms with van der Waals surface area (Å²) >= 11 is 0. The molecule has 0 atom stereocenters. The van der Waals surface area contributed by atoms with Crippen molar-refractivity contribution in [3.63, 3.8) is 0 Å². The van der Waals surface area contributed by atoms with E-state index in [2.05, 4.69) is 15.0 Å². The third-order valence-corrected chi connectivity index (χ3v) is 4.00. The van der Waals surface area contributed by atoms with E-state index in [1.165, 1.54) is 13.1 Å². The number of nitrogen functional groups attached to an aromatic ring is 1. The first-order valence-electron chi connectivity index (χ1n) is 6.34. The fraction of sp³-hybridized carbons (Fsp3) is 0.500. The van der Waals surface area contributed by atoms with E-state index in [0.717, 1.165) is 18.5 Å². The number of rotatable bonds is 7. The molecule has 0 saturated heterocycles. The molecule has 7 nitrogen and oxygen atoms in total. The molecule has 0 fully saturated rings. The molecule has 0 aliphatic rings. The Balaban J connectivity index is 2.68. The Bertz CT molecular complexity index is 572. The minimum atomic E-state index is -3.32. The lowest BCUT2D eigenvalue weighted by atomic mass is 10.1. The molecule has 8 heteroatoms. The number of nitrogens with zero attached hydrogens (tertiary/aromatic N) is 1. The van der Waals surface area contributed by atoms with Crippen molar-refractivity contribution in [3.8, 4) is 0 Å². The molecule has 0 spiro atoms. The van der Waals surface area contributed by atoms with Crippen LogP contribution in [0.1, 0.15) is 29.4 Å². The average molecular weight is 300 g/mol. The second-order valence-corrected chi connectivity index (χ2v) is 6.35. The number of anilines is 1. The summed E-state index contributed by atoms with van der Waals surface area (Å²) in [5, 5.41) is 2.54. The first-order valence-corrected chi connectivity index (χ1v) is 7.99. The number of nitrogens with two attached hydrogens (primary N) is 1. The normalized spacial score (nSPS) is 11.3. The predicted molar refractivity (Wildman–Crippen MR) is 77.8 cm³/mol. The third-order valence-electron chi connectivity index (χ3n) is 2.63. The molecule has 112 valence electrons. The maximum Gasteiger partial charge on any atom is 0.251 e. The second-order valence-electron chi connectivity index (χ2n) is 4.30. The molecule has 20 heavy (non-hydrogen) atoms. The number of sulfonamides is 1. The van der Waals surface area contributed by atoms with E-state index < -0.39 is 10.0 Å². The smallest absolute Gasteiger partial charge is 0.251 e. The van der Waals surface area contributed by atoms with Crippen LogP contribution in [0.3, 0.4) is 0 Å². The molecule has 0 saturated carbocycles. The summed E-state index contributed by atoms with van der Waals surface area (Å²) < 4.78 is 24.6. The number of carbonyl (C=O) groups is 1. The van der Waals surface area contributed by atoms with Crippen LogP contribution in [0.25, 0.3) is 0 Å². The van der Waals surface area contributed by atoms with E-state index in [1.807, 2.05) is 6.92 Å². The van der Waals surface area contributed by atoms with E-state index in [0.29, 0.717) is 5.56 Å². The summed E-state index contributed by atoms with van der Waals surface area (Å²) in [6.45, 7) is 2.04. The fourth-order valence-electron chi connectivity index (χ4n) is 1.63. The molecule has 0 aliphatic carbocycles. The fourth-order valence-corrected chi connectivity index (χ4v) is 2.20. The van der Waals surface area contributed by atoms with Crippen LogP contribution in [0.5, 0.6) is 0 Å². The van der Waals surface area contributed by atoms with Crippen molar-refractivity contribution in [1.29, 1.82) is 0 Å².